The molecular weight excluding hydrogens is 360 g/mol. The lowest BCUT2D eigenvalue weighted by Crippen LogP contribution is -2.27. The Morgan fingerprint density at radius 3 is 2.44 bits per heavy atom. The van der Waals surface area contributed by atoms with Crippen LogP contribution in [0.2, 0.25) is 0 Å². The minimum Gasteiger partial charge on any atom is -0.346 e. The van der Waals surface area contributed by atoms with Gasteiger partial charge in [0.1, 0.15) is 0 Å². The number of amides is 1. The zero-order valence-electron chi connectivity index (χ0n) is 16.0. The summed E-state index contributed by atoms with van der Waals surface area (Å²) in [6, 6.07) is 11.4. The van der Waals surface area contributed by atoms with E-state index in [0.717, 1.165) is 30.2 Å². The molecule has 1 atom stereocenters. The van der Waals surface area contributed by atoms with E-state index in [0.29, 0.717) is 11.3 Å². The molecule has 0 unspecified atom stereocenters. The van der Waals surface area contributed by atoms with Gasteiger partial charge in [-0.1, -0.05) is 24.3 Å². The fourth-order valence-corrected chi connectivity index (χ4v) is 4.08. The van der Waals surface area contributed by atoms with Crippen LogP contribution in [0.5, 0.6) is 0 Å². The Morgan fingerprint density at radius 1 is 1.04 bits per heavy atom. The van der Waals surface area contributed by atoms with Crippen molar-refractivity contribution in [1.29, 1.82) is 0 Å². The van der Waals surface area contributed by atoms with Gasteiger partial charge in [-0.05, 0) is 73.9 Å². The minimum absolute atomic E-state index is 0.127. The Balaban J connectivity index is 1.76. The molecule has 6 heteroatoms. The molecule has 5 nitrogen and oxygen atoms in total. The van der Waals surface area contributed by atoms with E-state index in [4.69, 9.17) is 0 Å². The van der Waals surface area contributed by atoms with Crippen LogP contribution >= 0.6 is 0 Å². The summed E-state index contributed by atoms with van der Waals surface area (Å²) in [5.74, 6) is -0.225. The van der Waals surface area contributed by atoms with Gasteiger partial charge in [0.15, 0.2) is 0 Å². The second kappa shape index (κ2) is 7.72. The maximum absolute atomic E-state index is 12.7. The van der Waals surface area contributed by atoms with Crippen LogP contribution in [-0.2, 0) is 22.9 Å². The number of rotatable bonds is 5. The van der Waals surface area contributed by atoms with Gasteiger partial charge in [0.25, 0.3) is 5.91 Å². The van der Waals surface area contributed by atoms with Crippen molar-refractivity contribution in [3.8, 4) is 0 Å². The molecule has 0 spiro atoms. The molecule has 0 saturated heterocycles. The third kappa shape index (κ3) is 4.89. The topological polar surface area (TPSA) is 75.3 Å². The predicted octanol–water partition coefficient (Wildman–Crippen LogP) is 3.74. The molecule has 0 saturated carbocycles. The highest BCUT2D eigenvalue weighted by Gasteiger charge is 2.16. The quantitative estimate of drug-likeness (QED) is 0.822. The molecule has 144 valence electrons. The highest BCUT2D eigenvalue weighted by atomic mass is 32.2. The monoisotopic (exact) mass is 386 g/mol. The number of carbonyl (C=O) groups excluding carboxylic acids is 1. The molecular formula is C21H26N2O3S. The highest BCUT2D eigenvalue weighted by molar-refractivity contribution is 7.92. The fourth-order valence-electron chi connectivity index (χ4n) is 3.46. The number of nitrogens with one attached hydrogen (secondary N) is 2. The largest absolute Gasteiger partial charge is 0.346 e. The molecule has 0 heterocycles. The van der Waals surface area contributed by atoms with Gasteiger partial charge < -0.3 is 5.32 Å². The first-order valence-electron chi connectivity index (χ1n) is 9.24. The van der Waals surface area contributed by atoms with Crippen molar-refractivity contribution in [1.82, 2.24) is 5.32 Å². The number of aryl methyl sites for hydroxylation is 3. The predicted molar refractivity (Wildman–Crippen MR) is 109 cm³/mol. The SMILES string of the molecule is Cc1ccc(C(=O)N[C@H](C)c2ccc3c(c2)CCCC3)cc1NS(C)(=O)=O. The van der Waals surface area contributed by atoms with E-state index in [2.05, 4.69) is 28.2 Å². The first-order valence-corrected chi connectivity index (χ1v) is 11.1. The van der Waals surface area contributed by atoms with Crippen LogP contribution in [0.1, 0.15) is 58.4 Å². The van der Waals surface area contributed by atoms with E-state index < -0.39 is 10.0 Å². The summed E-state index contributed by atoms with van der Waals surface area (Å²) < 4.78 is 25.5. The van der Waals surface area contributed by atoms with E-state index >= 15 is 0 Å². The summed E-state index contributed by atoms with van der Waals surface area (Å²) in [5.41, 5.74) is 5.50. The van der Waals surface area contributed by atoms with Gasteiger partial charge in [-0.15, -0.1) is 0 Å². The van der Waals surface area contributed by atoms with Gasteiger partial charge >= 0.3 is 0 Å². The molecule has 1 aliphatic carbocycles. The number of carbonyl (C=O) groups is 1. The van der Waals surface area contributed by atoms with E-state index in [9.17, 15) is 13.2 Å². The Morgan fingerprint density at radius 2 is 1.74 bits per heavy atom. The molecule has 0 fully saturated rings. The maximum atomic E-state index is 12.7. The Kier molecular flexibility index (Phi) is 5.56. The van der Waals surface area contributed by atoms with Gasteiger partial charge in [0, 0.05) is 5.56 Å². The number of hydrogen-bond donors (Lipinski definition) is 2. The van der Waals surface area contributed by atoms with Crippen LogP contribution in [0.15, 0.2) is 36.4 Å². The fraction of sp³-hybridized carbons (Fsp3) is 0.381. The molecule has 0 aromatic heterocycles. The van der Waals surface area contributed by atoms with Crippen molar-refractivity contribution < 1.29 is 13.2 Å². The number of hydrogen-bond acceptors (Lipinski definition) is 3. The van der Waals surface area contributed by atoms with Crippen LogP contribution < -0.4 is 10.0 Å². The Labute approximate surface area is 161 Å². The molecule has 0 aliphatic heterocycles. The molecule has 1 aliphatic rings. The summed E-state index contributed by atoms with van der Waals surface area (Å²) in [7, 11) is -3.40. The van der Waals surface area contributed by atoms with Gasteiger partial charge in [0.05, 0.1) is 18.0 Å². The van der Waals surface area contributed by atoms with Crippen LogP contribution in [0, 0.1) is 6.92 Å². The van der Waals surface area contributed by atoms with Crippen molar-refractivity contribution >= 4 is 21.6 Å². The van der Waals surface area contributed by atoms with Crippen LogP contribution in [0.3, 0.4) is 0 Å². The van der Waals surface area contributed by atoms with Crippen LogP contribution in [-0.4, -0.2) is 20.6 Å². The number of benzene rings is 2. The average molecular weight is 387 g/mol. The van der Waals surface area contributed by atoms with E-state index in [1.807, 2.05) is 6.92 Å². The standard InChI is InChI=1S/C21H26N2O3S/c1-14-8-9-19(13-20(14)23-27(3,25)26)21(24)22-15(2)17-11-10-16-6-4-5-7-18(16)12-17/h8-13,15,23H,4-7H2,1-3H3,(H,22,24)/t15-/m1/s1. The van der Waals surface area contributed by atoms with Gasteiger partial charge in [0.2, 0.25) is 10.0 Å². The summed E-state index contributed by atoms with van der Waals surface area (Å²) in [6.07, 6.45) is 5.79. The normalized spacial score (nSPS) is 14.9. The van der Waals surface area contributed by atoms with E-state index in [1.54, 1.807) is 25.1 Å². The first-order chi connectivity index (χ1) is 12.7. The molecule has 2 aromatic rings. The van der Waals surface area contributed by atoms with Crippen molar-refractivity contribution in [2.75, 3.05) is 11.0 Å². The lowest BCUT2D eigenvalue weighted by Gasteiger charge is -2.20. The van der Waals surface area contributed by atoms with E-state index in [1.165, 1.54) is 24.0 Å². The zero-order chi connectivity index (χ0) is 19.6. The average Bonchev–Trinajstić information content (AvgIpc) is 2.62. The number of sulfonamides is 1. The second-order valence-electron chi connectivity index (χ2n) is 7.33. The Bertz CT molecular complexity index is 967. The summed E-state index contributed by atoms with van der Waals surface area (Å²) in [4.78, 5) is 12.7. The molecule has 27 heavy (non-hydrogen) atoms. The maximum Gasteiger partial charge on any atom is 0.251 e. The summed E-state index contributed by atoms with van der Waals surface area (Å²) >= 11 is 0. The number of fused-ring (bicyclic) bond motifs is 1. The van der Waals surface area contributed by atoms with Crippen LogP contribution in [0.25, 0.3) is 0 Å². The van der Waals surface area contributed by atoms with Gasteiger partial charge in [-0.3, -0.25) is 9.52 Å². The van der Waals surface area contributed by atoms with Crippen molar-refractivity contribution in [3.63, 3.8) is 0 Å². The number of anilines is 1. The van der Waals surface area contributed by atoms with Crippen molar-refractivity contribution in [2.24, 2.45) is 0 Å². The lowest BCUT2D eigenvalue weighted by molar-refractivity contribution is 0.0940. The zero-order valence-corrected chi connectivity index (χ0v) is 16.8. The lowest BCUT2D eigenvalue weighted by atomic mass is 9.89. The van der Waals surface area contributed by atoms with Crippen molar-refractivity contribution in [2.45, 2.75) is 45.6 Å². The second-order valence-corrected chi connectivity index (χ2v) is 9.08. The molecule has 0 bridgehead atoms. The first kappa shape index (κ1) is 19.4. The third-order valence-corrected chi connectivity index (χ3v) is 5.61. The molecule has 2 aromatic carbocycles. The van der Waals surface area contributed by atoms with Crippen molar-refractivity contribution in [3.05, 3.63) is 64.2 Å². The van der Waals surface area contributed by atoms with E-state index in [-0.39, 0.29) is 11.9 Å². The smallest absolute Gasteiger partial charge is 0.251 e. The minimum atomic E-state index is -3.40. The van der Waals surface area contributed by atoms with Gasteiger partial charge in [-0.2, -0.15) is 0 Å². The molecule has 0 radical (unpaired) electrons. The molecule has 1 amide bonds. The van der Waals surface area contributed by atoms with Crippen LogP contribution in [0.4, 0.5) is 5.69 Å². The Hall–Kier alpha value is -2.34. The summed E-state index contributed by atoms with van der Waals surface area (Å²) in [5, 5.41) is 3.01. The van der Waals surface area contributed by atoms with Gasteiger partial charge in [-0.25, -0.2) is 8.42 Å². The molecule has 3 rings (SSSR count). The highest BCUT2D eigenvalue weighted by Crippen LogP contribution is 2.25. The third-order valence-electron chi connectivity index (χ3n) is 5.02. The summed E-state index contributed by atoms with van der Waals surface area (Å²) in [6.45, 7) is 3.76. The molecule has 2 N–H and O–H groups in total.